The van der Waals surface area contributed by atoms with E-state index in [2.05, 4.69) is 5.32 Å². The van der Waals surface area contributed by atoms with Crippen LogP contribution < -0.4 is 15.8 Å². The molecule has 1 unspecified atom stereocenters. The van der Waals surface area contributed by atoms with E-state index in [1.807, 2.05) is 0 Å². The van der Waals surface area contributed by atoms with Crippen molar-refractivity contribution < 1.29 is 13.9 Å². The summed E-state index contributed by atoms with van der Waals surface area (Å²) in [7, 11) is 1.49. The van der Waals surface area contributed by atoms with E-state index in [-0.39, 0.29) is 11.7 Å². The van der Waals surface area contributed by atoms with Gasteiger partial charge in [-0.05, 0) is 25.5 Å². The van der Waals surface area contributed by atoms with Crippen molar-refractivity contribution in [2.45, 2.75) is 20.0 Å². The zero-order valence-corrected chi connectivity index (χ0v) is 9.50. The Hall–Kier alpha value is -1.78. The Morgan fingerprint density at radius 2 is 2.19 bits per heavy atom. The number of carbonyl (C=O) groups is 1. The van der Waals surface area contributed by atoms with Crippen LogP contribution in [-0.4, -0.2) is 19.1 Å². The number of halogens is 1. The smallest absolute Gasteiger partial charge is 0.260 e. The lowest BCUT2D eigenvalue weighted by Crippen LogP contribution is -2.33. The summed E-state index contributed by atoms with van der Waals surface area (Å²) >= 11 is 0. The van der Waals surface area contributed by atoms with Crippen molar-refractivity contribution in [1.82, 2.24) is 5.32 Å². The molecule has 1 rings (SSSR count). The van der Waals surface area contributed by atoms with E-state index >= 15 is 0 Å². The lowest BCUT2D eigenvalue weighted by molar-refractivity contribution is -0.126. The van der Waals surface area contributed by atoms with Gasteiger partial charge < -0.3 is 15.8 Å². The van der Waals surface area contributed by atoms with E-state index in [0.29, 0.717) is 11.3 Å². The second-order valence-electron chi connectivity index (χ2n) is 3.51. The Bertz CT molecular complexity index is 407. The van der Waals surface area contributed by atoms with Gasteiger partial charge in [-0.15, -0.1) is 0 Å². The molecule has 0 aliphatic heterocycles. The van der Waals surface area contributed by atoms with Gasteiger partial charge in [-0.25, -0.2) is 4.39 Å². The summed E-state index contributed by atoms with van der Waals surface area (Å²) in [5.41, 5.74) is 6.60. The number of hydrogen-bond acceptors (Lipinski definition) is 3. The number of ether oxygens (including phenoxy) is 1. The largest absolute Gasteiger partial charge is 0.478 e. The summed E-state index contributed by atoms with van der Waals surface area (Å²) in [6.45, 7) is 3.29. The Labute approximate surface area is 93.6 Å². The molecule has 0 fully saturated rings. The number of carbonyl (C=O) groups excluding carboxylic acids is 1. The van der Waals surface area contributed by atoms with Gasteiger partial charge in [-0.3, -0.25) is 4.79 Å². The molecule has 0 aromatic heterocycles. The molecule has 1 atom stereocenters. The average Bonchev–Trinajstić information content (AvgIpc) is 2.24. The van der Waals surface area contributed by atoms with Gasteiger partial charge in [0.15, 0.2) is 17.7 Å². The van der Waals surface area contributed by atoms with Gasteiger partial charge in [0.1, 0.15) is 0 Å². The molecular weight excluding hydrogens is 211 g/mol. The summed E-state index contributed by atoms with van der Waals surface area (Å²) in [4.78, 5) is 11.2. The number of benzene rings is 1. The number of likely N-dealkylation sites (N-methyl/N-ethyl adjacent to an activating group) is 1. The fourth-order valence-corrected chi connectivity index (χ4v) is 1.21. The van der Waals surface area contributed by atoms with E-state index in [1.54, 1.807) is 13.8 Å². The first-order valence-corrected chi connectivity index (χ1v) is 4.89. The minimum absolute atomic E-state index is 0.0304. The molecule has 0 saturated carbocycles. The van der Waals surface area contributed by atoms with Gasteiger partial charge in [0.25, 0.3) is 5.91 Å². The van der Waals surface area contributed by atoms with Crippen LogP contribution in [0.5, 0.6) is 5.75 Å². The van der Waals surface area contributed by atoms with Crippen molar-refractivity contribution in [3.05, 3.63) is 23.5 Å². The molecule has 0 radical (unpaired) electrons. The van der Waals surface area contributed by atoms with Gasteiger partial charge >= 0.3 is 0 Å². The Morgan fingerprint density at radius 1 is 1.56 bits per heavy atom. The third-order valence-electron chi connectivity index (χ3n) is 2.24. The normalized spacial score (nSPS) is 12.0. The Morgan fingerprint density at radius 3 is 2.75 bits per heavy atom. The van der Waals surface area contributed by atoms with E-state index in [9.17, 15) is 9.18 Å². The van der Waals surface area contributed by atoms with E-state index in [0.717, 1.165) is 0 Å². The standard InChI is InChI=1S/C11H15FN2O2/c1-6-4-10(8(12)5-9(6)13)16-7(2)11(15)14-3/h4-5,7H,13H2,1-3H3,(H,14,15). The van der Waals surface area contributed by atoms with E-state index < -0.39 is 11.9 Å². The zero-order chi connectivity index (χ0) is 12.3. The molecule has 0 aliphatic carbocycles. The first kappa shape index (κ1) is 12.3. The molecule has 1 aromatic rings. The minimum atomic E-state index is -0.748. The van der Waals surface area contributed by atoms with Gasteiger partial charge in [0, 0.05) is 18.8 Å². The average molecular weight is 226 g/mol. The van der Waals surface area contributed by atoms with Crippen molar-refractivity contribution in [2.24, 2.45) is 0 Å². The quantitative estimate of drug-likeness (QED) is 0.762. The van der Waals surface area contributed by atoms with Crippen LogP contribution in [0.3, 0.4) is 0 Å². The molecule has 3 N–H and O–H groups in total. The van der Waals surface area contributed by atoms with Crippen molar-refractivity contribution in [2.75, 3.05) is 12.8 Å². The Balaban J connectivity index is 2.89. The topological polar surface area (TPSA) is 64.3 Å². The van der Waals surface area contributed by atoms with Crippen LogP contribution in [0.2, 0.25) is 0 Å². The number of nitrogens with one attached hydrogen (secondary N) is 1. The molecule has 4 nitrogen and oxygen atoms in total. The number of aryl methyl sites for hydroxylation is 1. The van der Waals surface area contributed by atoms with Gasteiger partial charge in [-0.1, -0.05) is 0 Å². The van der Waals surface area contributed by atoms with Crippen LogP contribution in [0, 0.1) is 12.7 Å². The number of anilines is 1. The fraction of sp³-hybridized carbons (Fsp3) is 0.364. The van der Waals surface area contributed by atoms with E-state index in [1.165, 1.54) is 19.2 Å². The van der Waals surface area contributed by atoms with Gasteiger partial charge in [0.05, 0.1) is 0 Å². The van der Waals surface area contributed by atoms with Crippen molar-refractivity contribution >= 4 is 11.6 Å². The maximum absolute atomic E-state index is 13.4. The highest BCUT2D eigenvalue weighted by Crippen LogP contribution is 2.24. The molecular formula is C11H15FN2O2. The van der Waals surface area contributed by atoms with Crippen molar-refractivity contribution in [1.29, 1.82) is 0 Å². The summed E-state index contributed by atoms with van der Waals surface area (Å²) in [6, 6.07) is 2.66. The van der Waals surface area contributed by atoms with Crippen LogP contribution in [0.4, 0.5) is 10.1 Å². The maximum atomic E-state index is 13.4. The Kier molecular flexibility index (Phi) is 3.71. The van der Waals surface area contributed by atoms with Crippen LogP contribution in [0.25, 0.3) is 0 Å². The SMILES string of the molecule is CNC(=O)C(C)Oc1cc(C)c(N)cc1F. The highest BCUT2D eigenvalue weighted by Gasteiger charge is 2.15. The number of nitrogen functional groups attached to an aromatic ring is 1. The van der Waals surface area contributed by atoms with Crippen LogP contribution in [0.1, 0.15) is 12.5 Å². The number of rotatable bonds is 3. The molecule has 88 valence electrons. The highest BCUT2D eigenvalue weighted by molar-refractivity contribution is 5.80. The first-order chi connectivity index (χ1) is 7.45. The highest BCUT2D eigenvalue weighted by atomic mass is 19.1. The van der Waals surface area contributed by atoms with Crippen LogP contribution >= 0.6 is 0 Å². The maximum Gasteiger partial charge on any atom is 0.260 e. The molecule has 0 bridgehead atoms. The first-order valence-electron chi connectivity index (χ1n) is 4.89. The van der Waals surface area contributed by atoms with E-state index in [4.69, 9.17) is 10.5 Å². The van der Waals surface area contributed by atoms with Gasteiger partial charge in [-0.2, -0.15) is 0 Å². The van der Waals surface area contributed by atoms with Crippen molar-refractivity contribution in [3.8, 4) is 5.75 Å². The molecule has 1 amide bonds. The molecule has 5 heteroatoms. The predicted octanol–water partition coefficient (Wildman–Crippen LogP) is 1.23. The second kappa shape index (κ2) is 4.83. The van der Waals surface area contributed by atoms with Crippen molar-refractivity contribution in [3.63, 3.8) is 0 Å². The zero-order valence-electron chi connectivity index (χ0n) is 9.50. The monoisotopic (exact) mass is 226 g/mol. The fourth-order valence-electron chi connectivity index (χ4n) is 1.21. The lowest BCUT2D eigenvalue weighted by atomic mass is 10.2. The number of amides is 1. The molecule has 0 heterocycles. The molecule has 1 aromatic carbocycles. The molecule has 0 aliphatic rings. The minimum Gasteiger partial charge on any atom is -0.478 e. The summed E-state index contributed by atoms with van der Waals surface area (Å²) < 4.78 is 18.6. The third kappa shape index (κ3) is 2.62. The van der Waals surface area contributed by atoms with Crippen LogP contribution in [0.15, 0.2) is 12.1 Å². The van der Waals surface area contributed by atoms with Crippen LogP contribution in [-0.2, 0) is 4.79 Å². The third-order valence-corrected chi connectivity index (χ3v) is 2.24. The number of hydrogen-bond donors (Lipinski definition) is 2. The molecule has 16 heavy (non-hydrogen) atoms. The molecule has 0 spiro atoms. The summed E-state index contributed by atoms with van der Waals surface area (Å²) in [5.74, 6) is -0.851. The predicted molar refractivity (Wildman–Crippen MR) is 59.7 cm³/mol. The second-order valence-corrected chi connectivity index (χ2v) is 3.51. The molecule has 0 saturated heterocycles. The number of nitrogens with two attached hydrogens (primary N) is 1. The van der Waals surface area contributed by atoms with Gasteiger partial charge in [0.2, 0.25) is 0 Å². The summed E-state index contributed by atoms with van der Waals surface area (Å²) in [5, 5.41) is 2.42. The summed E-state index contributed by atoms with van der Waals surface area (Å²) in [6.07, 6.45) is -0.748. The lowest BCUT2D eigenvalue weighted by Gasteiger charge is -2.14.